The molecule has 1 aromatic carbocycles. The van der Waals surface area contributed by atoms with Crippen molar-refractivity contribution < 1.29 is 18.4 Å². The Labute approximate surface area is 133 Å². The predicted molar refractivity (Wildman–Crippen MR) is 79.3 cm³/mol. The molecule has 124 valence electrons. The first-order chi connectivity index (χ1) is 11.0. The predicted octanol–water partition coefficient (Wildman–Crippen LogP) is 0.934. The number of piperazine rings is 1. The summed E-state index contributed by atoms with van der Waals surface area (Å²) in [6.45, 7) is 1.33. The zero-order valence-electron chi connectivity index (χ0n) is 12.6. The van der Waals surface area contributed by atoms with Gasteiger partial charge in [0, 0.05) is 25.7 Å². The molecule has 2 amide bonds. The smallest absolute Gasteiger partial charge is 0.237 e. The lowest BCUT2D eigenvalue weighted by molar-refractivity contribution is -0.134. The minimum absolute atomic E-state index is 0.0754. The summed E-state index contributed by atoms with van der Waals surface area (Å²) in [5, 5.41) is 5.62. The summed E-state index contributed by atoms with van der Waals surface area (Å²) >= 11 is 0. The first-order valence-corrected chi connectivity index (χ1v) is 7.78. The second-order valence-electron chi connectivity index (χ2n) is 6.07. The normalized spacial score (nSPS) is 21.8. The topological polar surface area (TPSA) is 61.4 Å². The van der Waals surface area contributed by atoms with Crippen molar-refractivity contribution in [3.63, 3.8) is 0 Å². The van der Waals surface area contributed by atoms with Crippen LogP contribution in [-0.2, 0) is 16.1 Å². The van der Waals surface area contributed by atoms with E-state index in [0.717, 1.165) is 25.0 Å². The fourth-order valence-electron chi connectivity index (χ4n) is 2.74. The van der Waals surface area contributed by atoms with E-state index < -0.39 is 17.7 Å². The van der Waals surface area contributed by atoms with E-state index in [0.29, 0.717) is 25.2 Å². The Balaban J connectivity index is 1.67. The van der Waals surface area contributed by atoms with Crippen LogP contribution in [0.2, 0.25) is 0 Å². The molecule has 3 rings (SSSR count). The van der Waals surface area contributed by atoms with Crippen LogP contribution < -0.4 is 10.6 Å². The van der Waals surface area contributed by atoms with Gasteiger partial charge in [0.2, 0.25) is 11.8 Å². The van der Waals surface area contributed by atoms with E-state index in [9.17, 15) is 18.4 Å². The zero-order chi connectivity index (χ0) is 16.4. The SMILES string of the molecule is O=C(C[C@H]1C(=O)NCCN1Cc1ccc(F)c(F)c1)NC1CC1. The molecule has 5 nitrogen and oxygen atoms in total. The number of hydrogen-bond acceptors (Lipinski definition) is 3. The molecule has 1 aliphatic heterocycles. The largest absolute Gasteiger partial charge is 0.353 e. The van der Waals surface area contributed by atoms with Crippen molar-refractivity contribution in [3.8, 4) is 0 Å². The van der Waals surface area contributed by atoms with Crippen molar-refractivity contribution >= 4 is 11.8 Å². The van der Waals surface area contributed by atoms with Crippen molar-refractivity contribution in [2.75, 3.05) is 13.1 Å². The zero-order valence-corrected chi connectivity index (χ0v) is 12.6. The number of nitrogens with one attached hydrogen (secondary N) is 2. The molecule has 23 heavy (non-hydrogen) atoms. The summed E-state index contributed by atoms with van der Waals surface area (Å²) in [4.78, 5) is 25.9. The number of amides is 2. The number of rotatable bonds is 5. The second-order valence-corrected chi connectivity index (χ2v) is 6.07. The maximum Gasteiger partial charge on any atom is 0.237 e. The van der Waals surface area contributed by atoms with E-state index in [2.05, 4.69) is 10.6 Å². The molecule has 2 N–H and O–H groups in total. The Morgan fingerprint density at radius 2 is 2.09 bits per heavy atom. The van der Waals surface area contributed by atoms with Crippen LogP contribution >= 0.6 is 0 Å². The third-order valence-corrected chi connectivity index (χ3v) is 4.13. The van der Waals surface area contributed by atoms with Gasteiger partial charge in [-0.1, -0.05) is 6.07 Å². The molecule has 2 fully saturated rings. The Morgan fingerprint density at radius 3 is 2.78 bits per heavy atom. The number of nitrogens with zero attached hydrogens (tertiary/aromatic N) is 1. The molecular formula is C16H19F2N3O2. The first kappa shape index (κ1) is 15.9. The quantitative estimate of drug-likeness (QED) is 0.848. The van der Waals surface area contributed by atoms with Gasteiger partial charge in [-0.3, -0.25) is 14.5 Å². The monoisotopic (exact) mass is 323 g/mol. The Bertz CT molecular complexity index is 619. The van der Waals surface area contributed by atoms with E-state index >= 15 is 0 Å². The average Bonchev–Trinajstić information content (AvgIpc) is 3.30. The second kappa shape index (κ2) is 6.62. The Hall–Kier alpha value is -2.02. The fourth-order valence-corrected chi connectivity index (χ4v) is 2.74. The van der Waals surface area contributed by atoms with Gasteiger partial charge in [-0.15, -0.1) is 0 Å². The van der Waals surface area contributed by atoms with Crippen molar-refractivity contribution in [1.82, 2.24) is 15.5 Å². The van der Waals surface area contributed by atoms with Gasteiger partial charge in [-0.25, -0.2) is 8.78 Å². The van der Waals surface area contributed by atoms with Crippen molar-refractivity contribution in [1.29, 1.82) is 0 Å². The molecule has 2 aliphatic rings. The highest BCUT2D eigenvalue weighted by atomic mass is 19.2. The van der Waals surface area contributed by atoms with E-state index in [1.807, 2.05) is 4.90 Å². The van der Waals surface area contributed by atoms with Crippen molar-refractivity contribution in [2.45, 2.75) is 37.9 Å². The lowest BCUT2D eigenvalue weighted by Crippen LogP contribution is -2.56. The molecule has 0 spiro atoms. The van der Waals surface area contributed by atoms with Gasteiger partial charge in [0.05, 0.1) is 12.5 Å². The Kier molecular flexibility index (Phi) is 4.56. The van der Waals surface area contributed by atoms with E-state index in [1.54, 1.807) is 0 Å². The van der Waals surface area contributed by atoms with Crippen LogP contribution in [0.5, 0.6) is 0 Å². The van der Waals surface area contributed by atoms with E-state index in [-0.39, 0.29) is 24.3 Å². The van der Waals surface area contributed by atoms with Crippen molar-refractivity contribution in [3.05, 3.63) is 35.4 Å². The first-order valence-electron chi connectivity index (χ1n) is 7.78. The summed E-state index contributed by atoms with van der Waals surface area (Å²) in [5.41, 5.74) is 0.575. The molecule has 1 aliphatic carbocycles. The van der Waals surface area contributed by atoms with Crippen LogP contribution in [0.15, 0.2) is 18.2 Å². The van der Waals surface area contributed by atoms with Crippen molar-refractivity contribution in [2.24, 2.45) is 0 Å². The average molecular weight is 323 g/mol. The van der Waals surface area contributed by atoms with Gasteiger partial charge in [-0.05, 0) is 30.5 Å². The molecule has 1 aromatic rings. The fraction of sp³-hybridized carbons (Fsp3) is 0.500. The molecule has 1 saturated heterocycles. The molecule has 1 heterocycles. The molecule has 0 radical (unpaired) electrons. The summed E-state index contributed by atoms with van der Waals surface area (Å²) in [6.07, 6.45) is 2.05. The van der Waals surface area contributed by atoms with Gasteiger partial charge in [0.15, 0.2) is 11.6 Å². The molecule has 7 heteroatoms. The number of halogens is 2. The summed E-state index contributed by atoms with van der Waals surface area (Å²) in [7, 11) is 0. The van der Waals surface area contributed by atoms with E-state index in [1.165, 1.54) is 6.07 Å². The minimum atomic E-state index is -0.910. The maximum absolute atomic E-state index is 13.3. The third-order valence-electron chi connectivity index (χ3n) is 4.13. The molecule has 1 atom stereocenters. The number of hydrogen-bond donors (Lipinski definition) is 2. The highest BCUT2D eigenvalue weighted by molar-refractivity contribution is 5.89. The van der Waals surface area contributed by atoms with Gasteiger partial charge in [0.25, 0.3) is 0 Å². The minimum Gasteiger partial charge on any atom is -0.353 e. The highest BCUT2D eigenvalue weighted by Crippen LogP contribution is 2.20. The number of benzene rings is 1. The summed E-state index contributed by atoms with van der Waals surface area (Å²) < 4.78 is 26.3. The standard InChI is InChI=1S/C16H19F2N3O2/c17-12-4-1-10(7-13(12)18)9-21-6-5-19-16(23)14(21)8-15(22)20-11-2-3-11/h1,4,7,11,14H,2-3,5-6,8-9H2,(H,19,23)(H,20,22)/t14-/m0/s1. The van der Waals surface area contributed by atoms with Crippen LogP contribution in [0, 0.1) is 11.6 Å². The van der Waals surface area contributed by atoms with Crippen LogP contribution in [0.25, 0.3) is 0 Å². The molecule has 1 saturated carbocycles. The highest BCUT2D eigenvalue weighted by Gasteiger charge is 2.33. The van der Waals surface area contributed by atoms with Crippen LogP contribution in [0.3, 0.4) is 0 Å². The molecule has 0 unspecified atom stereocenters. The van der Waals surface area contributed by atoms with Crippen LogP contribution in [0.1, 0.15) is 24.8 Å². The number of carbonyl (C=O) groups is 2. The van der Waals surface area contributed by atoms with Gasteiger partial charge in [-0.2, -0.15) is 0 Å². The molecule has 0 bridgehead atoms. The maximum atomic E-state index is 13.3. The summed E-state index contributed by atoms with van der Waals surface area (Å²) in [6, 6.07) is 3.35. The van der Waals surface area contributed by atoms with Crippen LogP contribution in [-0.4, -0.2) is 41.9 Å². The third kappa shape index (κ3) is 4.04. The van der Waals surface area contributed by atoms with Gasteiger partial charge < -0.3 is 10.6 Å². The van der Waals surface area contributed by atoms with Gasteiger partial charge in [0.1, 0.15) is 0 Å². The lowest BCUT2D eigenvalue weighted by atomic mass is 10.1. The Morgan fingerprint density at radius 1 is 1.30 bits per heavy atom. The van der Waals surface area contributed by atoms with Crippen LogP contribution in [0.4, 0.5) is 8.78 Å². The van der Waals surface area contributed by atoms with Gasteiger partial charge >= 0.3 is 0 Å². The summed E-state index contributed by atoms with van der Waals surface area (Å²) in [5.74, 6) is -2.16. The number of carbonyl (C=O) groups excluding carboxylic acids is 2. The van der Waals surface area contributed by atoms with E-state index in [4.69, 9.17) is 0 Å². The molecule has 0 aromatic heterocycles. The lowest BCUT2D eigenvalue weighted by Gasteiger charge is -2.34. The molecular weight excluding hydrogens is 304 g/mol.